The quantitative estimate of drug-likeness (QED) is 0.877. The molecule has 1 aliphatic rings. The van der Waals surface area contributed by atoms with Gasteiger partial charge in [0.2, 0.25) is 0 Å². The van der Waals surface area contributed by atoms with Crippen LogP contribution in [0.3, 0.4) is 0 Å². The highest BCUT2D eigenvalue weighted by molar-refractivity contribution is 5.20. The summed E-state index contributed by atoms with van der Waals surface area (Å²) in [5.74, 6) is -1.21. The first-order valence-electron chi connectivity index (χ1n) is 6.22. The van der Waals surface area contributed by atoms with Gasteiger partial charge in [0, 0.05) is 25.5 Å². The lowest BCUT2D eigenvalue weighted by molar-refractivity contribution is -0.0990. The first kappa shape index (κ1) is 13.4. The fourth-order valence-corrected chi connectivity index (χ4v) is 2.53. The monoisotopic (exact) mass is 256 g/mol. The number of methoxy groups -OCH3 is 1. The Labute approximate surface area is 106 Å². The van der Waals surface area contributed by atoms with Gasteiger partial charge in [0.15, 0.2) is 0 Å². The fraction of sp³-hybridized carbons (Fsp3) is 0.571. The van der Waals surface area contributed by atoms with Gasteiger partial charge in [0.25, 0.3) is 0 Å². The van der Waals surface area contributed by atoms with E-state index in [1.165, 1.54) is 18.2 Å². The lowest BCUT2D eigenvalue weighted by atomic mass is 9.75. The van der Waals surface area contributed by atoms with Crippen LogP contribution in [0, 0.1) is 11.6 Å². The summed E-state index contributed by atoms with van der Waals surface area (Å²) in [4.78, 5) is 0. The van der Waals surface area contributed by atoms with E-state index in [0.717, 1.165) is 19.3 Å². The van der Waals surface area contributed by atoms with E-state index in [9.17, 15) is 13.9 Å². The Bertz CT molecular complexity index is 390. The molecule has 0 aliphatic heterocycles. The second kappa shape index (κ2) is 5.33. The highest BCUT2D eigenvalue weighted by Gasteiger charge is 2.38. The van der Waals surface area contributed by atoms with Crippen LogP contribution in [0.2, 0.25) is 0 Å². The maximum atomic E-state index is 13.4. The number of ether oxygens (including phenoxy) is 1. The van der Waals surface area contributed by atoms with Crippen LogP contribution in [-0.2, 0) is 11.2 Å². The predicted octanol–water partition coefficient (Wildman–Crippen LogP) is 2.83. The number of rotatable bonds is 5. The van der Waals surface area contributed by atoms with Gasteiger partial charge in [0.05, 0.1) is 11.7 Å². The Kier molecular flexibility index (Phi) is 3.97. The molecule has 1 N–H and O–H groups in total. The van der Waals surface area contributed by atoms with Crippen LogP contribution in [-0.4, -0.2) is 23.9 Å². The zero-order valence-electron chi connectivity index (χ0n) is 10.5. The Morgan fingerprint density at radius 3 is 2.39 bits per heavy atom. The standard InChI is InChI=1S/C14H18F2O2/c1-18-14(6-3-7-14)9-10(17)8-11-12(15)4-2-5-13(11)16/h2,4-5,10,17H,3,6-9H2,1H3. The number of hydrogen-bond donors (Lipinski definition) is 1. The van der Waals surface area contributed by atoms with Crippen LogP contribution in [0.1, 0.15) is 31.2 Å². The summed E-state index contributed by atoms with van der Waals surface area (Å²) in [6, 6.07) is 3.74. The first-order valence-corrected chi connectivity index (χ1v) is 6.22. The molecule has 0 heterocycles. The van der Waals surface area contributed by atoms with Crippen molar-refractivity contribution in [2.24, 2.45) is 0 Å². The van der Waals surface area contributed by atoms with Gasteiger partial charge >= 0.3 is 0 Å². The Balaban J connectivity index is 2.01. The van der Waals surface area contributed by atoms with E-state index < -0.39 is 17.7 Å². The third-order valence-electron chi connectivity index (χ3n) is 3.81. The molecule has 0 saturated heterocycles. The third-order valence-corrected chi connectivity index (χ3v) is 3.81. The lowest BCUT2D eigenvalue weighted by Gasteiger charge is -2.41. The zero-order valence-corrected chi connectivity index (χ0v) is 10.5. The molecule has 1 atom stereocenters. The molecule has 2 nitrogen and oxygen atoms in total. The van der Waals surface area contributed by atoms with Crippen molar-refractivity contribution in [3.63, 3.8) is 0 Å². The van der Waals surface area contributed by atoms with Crippen molar-refractivity contribution in [1.82, 2.24) is 0 Å². The van der Waals surface area contributed by atoms with E-state index >= 15 is 0 Å². The van der Waals surface area contributed by atoms with E-state index in [4.69, 9.17) is 4.74 Å². The largest absolute Gasteiger partial charge is 0.393 e. The van der Waals surface area contributed by atoms with Crippen LogP contribution in [0.4, 0.5) is 8.78 Å². The van der Waals surface area contributed by atoms with Gasteiger partial charge in [-0.2, -0.15) is 0 Å². The van der Waals surface area contributed by atoms with Crippen molar-refractivity contribution < 1.29 is 18.6 Å². The van der Waals surface area contributed by atoms with Crippen molar-refractivity contribution in [3.8, 4) is 0 Å². The second-order valence-corrected chi connectivity index (χ2v) is 5.00. The average molecular weight is 256 g/mol. The summed E-state index contributed by atoms with van der Waals surface area (Å²) in [5.41, 5.74) is -0.336. The van der Waals surface area contributed by atoms with Crippen molar-refractivity contribution in [3.05, 3.63) is 35.4 Å². The SMILES string of the molecule is COC1(CC(O)Cc2c(F)cccc2F)CCC1. The van der Waals surface area contributed by atoms with Gasteiger partial charge in [-0.15, -0.1) is 0 Å². The van der Waals surface area contributed by atoms with Crippen LogP contribution < -0.4 is 0 Å². The van der Waals surface area contributed by atoms with Gasteiger partial charge in [-0.3, -0.25) is 0 Å². The fourth-order valence-electron chi connectivity index (χ4n) is 2.53. The van der Waals surface area contributed by atoms with Crippen LogP contribution in [0.25, 0.3) is 0 Å². The van der Waals surface area contributed by atoms with E-state index in [1.54, 1.807) is 7.11 Å². The van der Waals surface area contributed by atoms with Crippen molar-refractivity contribution in [2.45, 2.75) is 43.8 Å². The highest BCUT2D eigenvalue weighted by Crippen LogP contribution is 2.39. The summed E-state index contributed by atoms with van der Waals surface area (Å²) >= 11 is 0. The van der Waals surface area contributed by atoms with Crippen LogP contribution in [0.5, 0.6) is 0 Å². The number of aliphatic hydroxyl groups excluding tert-OH is 1. The van der Waals surface area contributed by atoms with E-state index in [0.29, 0.717) is 6.42 Å². The van der Waals surface area contributed by atoms with E-state index in [-0.39, 0.29) is 17.6 Å². The average Bonchev–Trinajstić information content (AvgIpc) is 2.29. The molecule has 0 spiro atoms. The Hall–Kier alpha value is -1.00. The van der Waals surface area contributed by atoms with Gasteiger partial charge in [0.1, 0.15) is 11.6 Å². The van der Waals surface area contributed by atoms with Gasteiger partial charge in [-0.25, -0.2) is 8.78 Å². The topological polar surface area (TPSA) is 29.5 Å². The smallest absolute Gasteiger partial charge is 0.129 e. The molecule has 2 rings (SSSR count). The number of hydrogen-bond acceptors (Lipinski definition) is 2. The molecule has 4 heteroatoms. The minimum absolute atomic E-state index is 0.0103. The number of aliphatic hydroxyl groups is 1. The number of benzene rings is 1. The highest BCUT2D eigenvalue weighted by atomic mass is 19.1. The molecule has 0 aromatic heterocycles. The molecule has 1 aliphatic carbocycles. The van der Waals surface area contributed by atoms with Crippen LogP contribution in [0.15, 0.2) is 18.2 Å². The molecule has 1 unspecified atom stereocenters. The van der Waals surface area contributed by atoms with Crippen molar-refractivity contribution in [1.29, 1.82) is 0 Å². The first-order chi connectivity index (χ1) is 8.56. The summed E-state index contributed by atoms with van der Waals surface area (Å²) < 4.78 is 32.3. The Morgan fingerprint density at radius 1 is 1.33 bits per heavy atom. The van der Waals surface area contributed by atoms with E-state index in [1.807, 2.05) is 0 Å². The number of halogens is 2. The molecule has 18 heavy (non-hydrogen) atoms. The van der Waals surface area contributed by atoms with Gasteiger partial charge in [-0.05, 0) is 31.4 Å². The molecular weight excluding hydrogens is 238 g/mol. The van der Waals surface area contributed by atoms with Crippen molar-refractivity contribution in [2.75, 3.05) is 7.11 Å². The lowest BCUT2D eigenvalue weighted by Crippen LogP contribution is -2.42. The molecule has 0 bridgehead atoms. The summed E-state index contributed by atoms with van der Waals surface area (Å²) in [7, 11) is 1.62. The van der Waals surface area contributed by atoms with Crippen LogP contribution >= 0.6 is 0 Å². The predicted molar refractivity (Wildman–Crippen MR) is 64.3 cm³/mol. The molecule has 1 aromatic carbocycles. The molecule has 1 saturated carbocycles. The van der Waals surface area contributed by atoms with E-state index in [2.05, 4.69) is 0 Å². The van der Waals surface area contributed by atoms with Gasteiger partial charge in [-0.1, -0.05) is 6.07 Å². The zero-order chi connectivity index (χ0) is 13.2. The molecular formula is C14H18F2O2. The Morgan fingerprint density at radius 2 is 1.94 bits per heavy atom. The maximum Gasteiger partial charge on any atom is 0.129 e. The minimum Gasteiger partial charge on any atom is -0.393 e. The molecule has 100 valence electrons. The molecule has 1 fully saturated rings. The van der Waals surface area contributed by atoms with Crippen molar-refractivity contribution >= 4 is 0 Å². The third kappa shape index (κ3) is 2.70. The maximum absolute atomic E-state index is 13.4. The second-order valence-electron chi connectivity index (χ2n) is 5.00. The normalized spacial score (nSPS) is 19.3. The van der Waals surface area contributed by atoms with Gasteiger partial charge < -0.3 is 9.84 Å². The summed E-state index contributed by atoms with van der Waals surface area (Å²) in [6.07, 6.45) is 2.52. The molecule has 0 amide bonds. The minimum atomic E-state index is -0.781. The summed E-state index contributed by atoms with van der Waals surface area (Å²) in [6.45, 7) is 0. The molecule has 1 aromatic rings. The molecule has 0 radical (unpaired) electrons. The summed E-state index contributed by atoms with van der Waals surface area (Å²) in [5, 5.41) is 9.97.